The fourth-order valence-electron chi connectivity index (χ4n) is 1.83. The van der Waals surface area contributed by atoms with Crippen LogP contribution < -0.4 is 11.1 Å². The summed E-state index contributed by atoms with van der Waals surface area (Å²) in [6.07, 6.45) is 2.41. The lowest BCUT2D eigenvalue weighted by molar-refractivity contribution is -0.123. The summed E-state index contributed by atoms with van der Waals surface area (Å²) in [6, 6.07) is 9.89. The van der Waals surface area contributed by atoms with Crippen molar-refractivity contribution in [2.45, 2.75) is 38.3 Å². The Morgan fingerprint density at radius 1 is 1.32 bits per heavy atom. The van der Waals surface area contributed by atoms with Gasteiger partial charge in [-0.05, 0) is 31.7 Å². The van der Waals surface area contributed by atoms with E-state index in [1.54, 1.807) is 7.11 Å². The van der Waals surface area contributed by atoms with Crippen molar-refractivity contribution in [3.05, 3.63) is 35.9 Å². The van der Waals surface area contributed by atoms with E-state index in [2.05, 4.69) is 17.4 Å². The van der Waals surface area contributed by atoms with Crippen LogP contribution in [0.3, 0.4) is 0 Å². The highest BCUT2D eigenvalue weighted by molar-refractivity contribution is 5.81. The molecule has 0 bridgehead atoms. The van der Waals surface area contributed by atoms with Crippen molar-refractivity contribution in [1.82, 2.24) is 5.32 Å². The second kappa shape index (κ2) is 8.67. The molecular formula is C15H24N2O2. The number of nitrogens with one attached hydrogen (secondary N) is 1. The van der Waals surface area contributed by atoms with Crippen molar-refractivity contribution in [3.8, 4) is 0 Å². The van der Waals surface area contributed by atoms with Crippen molar-refractivity contribution in [1.29, 1.82) is 0 Å². The average Bonchev–Trinajstić information content (AvgIpc) is 2.43. The molecule has 0 aliphatic heterocycles. The number of nitrogens with two attached hydrogens (primary N) is 1. The van der Waals surface area contributed by atoms with E-state index in [0.29, 0.717) is 13.0 Å². The van der Waals surface area contributed by atoms with Crippen LogP contribution in [-0.2, 0) is 16.0 Å². The number of benzene rings is 1. The largest absolute Gasteiger partial charge is 0.385 e. The monoisotopic (exact) mass is 264 g/mol. The van der Waals surface area contributed by atoms with Crippen LogP contribution in [0.1, 0.15) is 25.3 Å². The van der Waals surface area contributed by atoms with Crippen LogP contribution in [0.4, 0.5) is 0 Å². The van der Waals surface area contributed by atoms with Crippen LogP contribution >= 0.6 is 0 Å². The van der Waals surface area contributed by atoms with Gasteiger partial charge >= 0.3 is 0 Å². The Bertz CT molecular complexity index is 368. The molecule has 4 nitrogen and oxygen atoms in total. The summed E-state index contributed by atoms with van der Waals surface area (Å²) in [5.74, 6) is -0.0994. The molecule has 0 heterocycles. The van der Waals surface area contributed by atoms with Crippen molar-refractivity contribution in [2.24, 2.45) is 5.73 Å². The Hall–Kier alpha value is -1.39. The third-order valence-electron chi connectivity index (χ3n) is 3.07. The standard InChI is InChI=1S/C15H24N2O2/c1-12(8-9-13-6-4-3-5-7-13)17-15(18)14(16)10-11-19-2/h3-7,12,14H,8-11,16H2,1-2H3,(H,17,18). The van der Waals surface area contributed by atoms with Gasteiger partial charge in [-0.2, -0.15) is 0 Å². The molecule has 0 saturated carbocycles. The number of hydrogen-bond acceptors (Lipinski definition) is 3. The van der Waals surface area contributed by atoms with Gasteiger partial charge in [0.2, 0.25) is 5.91 Å². The zero-order chi connectivity index (χ0) is 14.1. The molecule has 0 aromatic heterocycles. The van der Waals surface area contributed by atoms with Gasteiger partial charge in [0, 0.05) is 19.8 Å². The van der Waals surface area contributed by atoms with Crippen molar-refractivity contribution < 1.29 is 9.53 Å². The Labute approximate surface area is 115 Å². The summed E-state index contributed by atoms with van der Waals surface area (Å²) in [5, 5.41) is 2.94. The zero-order valence-corrected chi connectivity index (χ0v) is 11.8. The Kier molecular flexibility index (Phi) is 7.15. The van der Waals surface area contributed by atoms with E-state index in [-0.39, 0.29) is 11.9 Å². The molecular weight excluding hydrogens is 240 g/mol. The molecule has 3 N–H and O–H groups in total. The van der Waals surface area contributed by atoms with E-state index in [9.17, 15) is 4.79 Å². The number of aryl methyl sites for hydroxylation is 1. The molecule has 1 amide bonds. The van der Waals surface area contributed by atoms with E-state index in [1.807, 2.05) is 25.1 Å². The normalized spacial score (nSPS) is 13.8. The number of methoxy groups -OCH3 is 1. The van der Waals surface area contributed by atoms with Gasteiger partial charge in [-0.25, -0.2) is 0 Å². The average molecular weight is 264 g/mol. The second-order valence-corrected chi connectivity index (χ2v) is 4.82. The lowest BCUT2D eigenvalue weighted by atomic mass is 10.1. The number of hydrogen-bond donors (Lipinski definition) is 2. The zero-order valence-electron chi connectivity index (χ0n) is 11.8. The molecule has 2 atom stereocenters. The summed E-state index contributed by atoms with van der Waals surface area (Å²) < 4.78 is 4.91. The first-order chi connectivity index (χ1) is 9.13. The molecule has 1 aromatic carbocycles. The molecule has 0 spiro atoms. The topological polar surface area (TPSA) is 64.3 Å². The molecule has 19 heavy (non-hydrogen) atoms. The van der Waals surface area contributed by atoms with Crippen LogP contribution in [0, 0.1) is 0 Å². The first-order valence-corrected chi connectivity index (χ1v) is 6.72. The maximum absolute atomic E-state index is 11.8. The molecule has 0 saturated heterocycles. The first kappa shape index (κ1) is 15.7. The fourth-order valence-corrected chi connectivity index (χ4v) is 1.83. The number of rotatable bonds is 8. The highest BCUT2D eigenvalue weighted by atomic mass is 16.5. The van der Waals surface area contributed by atoms with Crippen LogP contribution in [0.15, 0.2) is 30.3 Å². The Morgan fingerprint density at radius 3 is 2.63 bits per heavy atom. The second-order valence-electron chi connectivity index (χ2n) is 4.82. The molecule has 0 aliphatic carbocycles. The van der Waals surface area contributed by atoms with E-state index in [0.717, 1.165) is 12.8 Å². The third kappa shape index (κ3) is 6.36. The van der Waals surface area contributed by atoms with E-state index < -0.39 is 6.04 Å². The van der Waals surface area contributed by atoms with E-state index >= 15 is 0 Å². The van der Waals surface area contributed by atoms with Gasteiger partial charge in [0.1, 0.15) is 0 Å². The van der Waals surface area contributed by atoms with Gasteiger partial charge in [-0.15, -0.1) is 0 Å². The van der Waals surface area contributed by atoms with Gasteiger partial charge < -0.3 is 15.8 Å². The van der Waals surface area contributed by atoms with Crippen LogP contribution in [0.5, 0.6) is 0 Å². The lowest BCUT2D eigenvalue weighted by Crippen LogP contribution is -2.45. The predicted molar refractivity (Wildman–Crippen MR) is 76.8 cm³/mol. The minimum absolute atomic E-state index is 0.0994. The van der Waals surface area contributed by atoms with Crippen LogP contribution in [-0.4, -0.2) is 31.7 Å². The Morgan fingerprint density at radius 2 is 2.00 bits per heavy atom. The van der Waals surface area contributed by atoms with Crippen LogP contribution in [0.2, 0.25) is 0 Å². The smallest absolute Gasteiger partial charge is 0.237 e. The van der Waals surface area contributed by atoms with Gasteiger partial charge in [-0.3, -0.25) is 4.79 Å². The van der Waals surface area contributed by atoms with Gasteiger partial charge in [0.25, 0.3) is 0 Å². The molecule has 0 radical (unpaired) electrons. The highest BCUT2D eigenvalue weighted by Gasteiger charge is 2.15. The summed E-state index contributed by atoms with van der Waals surface area (Å²) in [7, 11) is 1.60. The summed E-state index contributed by atoms with van der Waals surface area (Å²) in [4.78, 5) is 11.8. The minimum Gasteiger partial charge on any atom is -0.385 e. The summed E-state index contributed by atoms with van der Waals surface area (Å²) in [5.41, 5.74) is 7.05. The van der Waals surface area contributed by atoms with Crippen LogP contribution in [0.25, 0.3) is 0 Å². The number of carbonyl (C=O) groups excluding carboxylic acids is 1. The number of ether oxygens (including phenoxy) is 1. The quantitative estimate of drug-likeness (QED) is 0.747. The maximum atomic E-state index is 11.8. The molecule has 2 unspecified atom stereocenters. The van der Waals surface area contributed by atoms with Gasteiger partial charge in [0.15, 0.2) is 0 Å². The summed E-state index contributed by atoms with van der Waals surface area (Å²) >= 11 is 0. The highest BCUT2D eigenvalue weighted by Crippen LogP contribution is 2.05. The number of amides is 1. The fraction of sp³-hybridized carbons (Fsp3) is 0.533. The molecule has 4 heteroatoms. The van der Waals surface area contributed by atoms with E-state index in [4.69, 9.17) is 10.5 Å². The predicted octanol–water partition coefficient (Wildman–Crippen LogP) is 1.49. The van der Waals surface area contributed by atoms with Crippen molar-refractivity contribution >= 4 is 5.91 Å². The van der Waals surface area contributed by atoms with Gasteiger partial charge in [0.05, 0.1) is 6.04 Å². The number of carbonyl (C=O) groups is 1. The SMILES string of the molecule is COCCC(N)C(=O)NC(C)CCc1ccccc1. The molecule has 1 rings (SSSR count). The first-order valence-electron chi connectivity index (χ1n) is 6.72. The Balaban J connectivity index is 2.26. The molecule has 1 aromatic rings. The van der Waals surface area contributed by atoms with Crippen molar-refractivity contribution in [2.75, 3.05) is 13.7 Å². The molecule has 106 valence electrons. The summed E-state index contributed by atoms with van der Waals surface area (Å²) in [6.45, 7) is 2.51. The van der Waals surface area contributed by atoms with Crippen molar-refractivity contribution in [3.63, 3.8) is 0 Å². The minimum atomic E-state index is -0.487. The van der Waals surface area contributed by atoms with E-state index in [1.165, 1.54) is 5.56 Å². The maximum Gasteiger partial charge on any atom is 0.237 e. The lowest BCUT2D eigenvalue weighted by Gasteiger charge is -2.17. The molecule has 0 aliphatic rings. The third-order valence-corrected chi connectivity index (χ3v) is 3.07. The van der Waals surface area contributed by atoms with Gasteiger partial charge in [-0.1, -0.05) is 30.3 Å². The molecule has 0 fully saturated rings.